The van der Waals surface area contributed by atoms with Gasteiger partial charge in [-0.05, 0) is 24.6 Å². The minimum absolute atomic E-state index is 0.488. The average molecular weight is 280 g/mol. The zero-order chi connectivity index (χ0) is 14.5. The molecule has 1 aliphatic rings. The molecule has 2 heteroatoms. The Balaban J connectivity index is 1.81. The van der Waals surface area contributed by atoms with Gasteiger partial charge < -0.3 is 4.90 Å². The Morgan fingerprint density at radius 1 is 0.810 bits per heavy atom. The summed E-state index contributed by atoms with van der Waals surface area (Å²) in [6.07, 6.45) is 1.09. The van der Waals surface area contributed by atoms with Crippen molar-refractivity contribution in [2.45, 2.75) is 12.5 Å². The molecule has 2 aromatic rings. The molecule has 1 heterocycles. The second-order valence-corrected chi connectivity index (χ2v) is 5.96. The van der Waals surface area contributed by atoms with Crippen molar-refractivity contribution in [1.29, 1.82) is 0 Å². The normalized spacial score (nSPS) is 18.5. The first-order valence-electron chi connectivity index (χ1n) is 7.84. The van der Waals surface area contributed by atoms with Gasteiger partial charge in [0.1, 0.15) is 0 Å². The van der Waals surface area contributed by atoms with Gasteiger partial charge in [-0.2, -0.15) is 0 Å². The quantitative estimate of drug-likeness (QED) is 0.848. The van der Waals surface area contributed by atoms with Crippen LogP contribution in [-0.4, -0.2) is 43.0 Å². The second kappa shape index (κ2) is 6.88. The molecule has 21 heavy (non-hydrogen) atoms. The Bertz CT molecular complexity index is 530. The van der Waals surface area contributed by atoms with E-state index in [2.05, 4.69) is 77.5 Å². The van der Waals surface area contributed by atoms with Crippen molar-refractivity contribution in [3.8, 4) is 0 Å². The standard InChI is InChI=1S/C19H24N2/c1-20-12-14-21(15-13-20)19(18-10-6-3-7-11-18)16-17-8-4-2-5-9-17/h2-11,19H,12-16H2,1H3. The smallest absolute Gasteiger partial charge is 0.0389 e. The third kappa shape index (κ3) is 3.72. The van der Waals surface area contributed by atoms with Gasteiger partial charge in [-0.3, -0.25) is 4.90 Å². The fraction of sp³-hybridized carbons (Fsp3) is 0.368. The molecule has 110 valence electrons. The third-order valence-electron chi connectivity index (χ3n) is 4.43. The zero-order valence-electron chi connectivity index (χ0n) is 12.8. The van der Waals surface area contributed by atoms with Crippen molar-refractivity contribution >= 4 is 0 Å². The molecule has 2 aromatic carbocycles. The SMILES string of the molecule is CN1CCN(C(Cc2ccccc2)c2ccccc2)CC1. The van der Waals surface area contributed by atoms with Gasteiger partial charge in [0.05, 0.1) is 0 Å². The average Bonchev–Trinajstić information content (AvgIpc) is 2.55. The van der Waals surface area contributed by atoms with E-state index in [9.17, 15) is 0 Å². The second-order valence-electron chi connectivity index (χ2n) is 5.96. The molecule has 0 spiro atoms. The number of hydrogen-bond acceptors (Lipinski definition) is 2. The van der Waals surface area contributed by atoms with Crippen LogP contribution in [0.15, 0.2) is 60.7 Å². The van der Waals surface area contributed by atoms with Gasteiger partial charge in [0, 0.05) is 32.2 Å². The minimum atomic E-state index is 0.488. The van der Waals surface area contributed by atoms with E-state index in [1.807, 2.05) is 0 Å². The molecule has 0 saturated carbocycles. The summed E-state index contributed by atoms with van der Waals surface area (Å²) in [7, 11) is 2.21. The molecule has 0 aromatic heterocycles. The maximum Gasteiger partial charge on any atom is 0.0389 e. The Morgan fingerprint density at radius 2 is 1.38 bits per heavy atom. The van der Waals surface area contributed by atoms with E-state index in [-0.39, 0.29) is 0 Å². The molecule has 0 radical (unpaired) electrons. The third-order valence-corrected chi connectivity index (χ3v) is 4.43. The van der Waals surface area contributed by atoms with E-state index in [0.29, 0.717) is 6.04 Å². The van der Waals surface area contributed by atoms with Crippen molar-refractivity contribution < 1.29 is 0 Å². The summed E-state index contributed by atoms with van der Waals surface area (Å²) in [5, 5.41) is 0. The highest BCUT2D eigenvalue weighted by atomic mass is 15.3. The number of hydrogen-bond donors (Lipinski definition) is 0. The van der Waals surface area contributed by atoms with E-state index in [0.717, 1.165) is 32.6 Å². The summed E-state index contributed by atoms with van der Waals surface area (Å²) in [5.41, 5.74) is 2.86. The van der Waals surface area contributed by atoms with Crippen LogP contribution < -0.4 is 0 Å². The largest absolute Gasteiger partial charge is 0.304 e. The lowest BCUT2D eigenvalue weighted by Crippen LogP contribution is -2.46. The fourth-order valence-electron chi connectivity index (χ4n) is 3.10. The fourth-order valence-corrected chi connectivity index (χ4v) is 3.10. The summed E-state index contributed by atoms with van der Waals surface area (Å²) in [6.45, 7) is 4.64. The van der Waals surface area contributed by atoms with Crippen LogP contribution in [0.25, 0.3) is 0 Å². The Kier molecular flexibility index (Phi) is 4.69. The van der Waals surface area contributed by atoms with Crippen molar-refractivity contribution in [2.75, 3.05) is 33.2 Å². The van der Waals surface area contributed by atoms with E-state index >= 15 is 0 Å². The summed E-state index contributed by atoms with van der Waals surface area (Å²) in [5.74, 6) is 0. The minimum Gasteiger partial charge on any atom is -0.304 e. The molecule has 0 bridgehead atoms. The summed E-state index contributed by atoms with van der Waals surface area (Å²) >= 11 is 0. The monoisotopic (exact) mass is 280 g/mol. The van der Waals surface area contributed by atoms with Gasteiger partial charge in [0.25, 0.3) is 0 Å². The van der Waals surface area contributed by atoms with Gasteiger partial charge in [-0.15, -0.1) is 0 Å². The molecule has 1 aliphatic heterocycles. The van der Waals surface area contributed by atoms with Crippen LogP contribution >= 0.6 is 0 Å². The molecule has 1 atom stereocenters. The number of likely N-dealkylation sites (N-methyl/N-ethyl adjacent to an activating group) is 1. The maximum absolute atomic E-state index is 2.64. The highest BCUT2D eigenvalue weighted by Crippen LogP contribution is 2.26. The number of piperazine rings is 1. The van der Waals surface area contributed by atoms with Gasteiger partial charge in [-0.1, -0.05) is 60.7 Å². The molecule has 0 amide bonds. The number of benzene rings is 2. The lowest BCUT2D eigenvalue weighted by atomic mass is 9.97. The maximum atomic E-state index is 2.64. The lowest BCUT2D eigenvalue weighted by Gasteiger charge is -2.38. The summed E-state index contributed by atoms with van der Waals surface area (Å²) in [6, 6.07) is 22.3. The molecule has 1 saturated heterocycles. The molecular formula is C19H24N2. The summed E-state index contributed by atoms with van der Waals surface area (Å²) in [4.78, 5) is 5.06. The van der Waals surface area contributed by atoms with Crippen LogP contribution in [0.5, 0.6) is 0 Å². The lowest BCUT2D eigenvalue weighted by molar-refractivity contribution is 0.111. The topological polar surface area (TPSA) is 6.48 Å². The Morgan fingerprint density at radius 3 is 2.00 bits per heavy atom. The van der Waals surface area contributed by atoms with Gasteiger partial charge >= 0.3 is 0 Å². The van der Waals surface area contributed by atoms with E-state index in [4.69, 9.17) is 0 Å². The van der Waals surface area contributed by atoms with E-state index < -0.39 is 0 Å². The van der Waals surface area contributed by atoms with Crippen molar-refractivity contribution in [3.05, 3.63) is 71.8 Å². The van der Waals surface area contributed by atoms with Crippen LogP contribution in [0, 0.1) is 0 Å². The van der Waals surface area contributed by atoms with Crippen LogP contribution in [-0.2, 0) is 6.42 Å². The Hall–Kier alpha value is -1.64. The molecular weight excluding hydrogens is 256 g/mol. The van der Waals surface area contributed by atoms with Crippen molar-refractivity contribution in [1.82, 2.24) is 9.80 Å². The molecule has 1 fully saturated rings. The van der Waals surface area contributed by atoms with Crippen molar-refractivity contribution in [2.24, 2.45) is 0 Å². The van der Waals surface area contributed by atoms with Crippen LogP contribution in [0.1, 0.15) is 17.2 Å². The molecule has 3 rings (SSSR count). The predicted octanol–water partition coefficient (Wildman–Crippen LogP) is 3.22. The van der Waals surface area contributed by atoms with Crippen LogP contribution in [0.2, 0.25) is 0 Å². The summed E-state index contributed by atoms with van der Waals surface area (Å²) < 4.78 is 0. The van der Waals surface area contributed by atoms with Gasteiger partial charge in [-0.25, -0.2) is 0 Å². The van der Waals surface area contributed by atoms with E-state index in [1.54, 1.807) is 0 Å². The van der Waals surface area contributed by atoms with Gasteiger partial charge in [0.15, 0.2) is 0 Å². The molecule has 0 N–H and O–H groups in total. The van der Waals surface area contributed by atoms with Crippen LogP contribution in [0.3, 0.4) is 0 Å². The predicted molar refractivity (Wildman–Crippen MR) is 88.4 cm³/mol. The first-order chi connectivity index (χ1) is 10.3. The highest BCUT2D eigenvalue weighted by Gasteiger charge is 2.23. The zero-order valence-corrected chi connectivity index (χ0v) is 12.8. The first kappa shape index (κ1) is 14.3. The van der Waals surface area contributed by atoms with Gasteiger partial charge in [0.2, 0.25) is 0 Å². The molecule has 1 unspecified atom stereocenters. The number of rotatable bonds is 4. The Labute approximate surface area is 128 Å². The number of nitrogens with zero attached hydrogens (tertiary/aromatic N) is 2. The van der Waals surface area contributed by atoms with Crippen LogP contribution in [0.4, 0.5) is 0 Å². The highest BCUT2D eigenvalue weighted by molar-refractivity contribution is 5.24. The molecule has 0 aliphatic carbocycles. The van der Waals surface area contributed by atoms with E-state index in [1.165, 1.54) is 11.1 Å². The first-order valence-corrected chi connectivity index (χ1v) is 7.84. The molecule has 2 nitrogen and oxygen atoms in total. The van der Waals surface area contributed by atoms with Crippen molar-refractivity contribution in [3.63, 3.8) is 0 Å².